The van der Waals surface area contributed by atoms with E-state index in [1.165, 1.54) is 18.3 Å². The van der Waals surface area contributed by atoms with E-state index < -0.39 is 23.0 Å². The maximum Gasteiger partial charge on any atom is 0.341 e. The molecule has 0 radical (unpaired) electrons. The summed E-state index contributed by atoms with van der Waals surface area (Å²) in [6.45, 7) is 0. The van der Waals surface area contributed by atoms with Crippen molar-refractivity contribution < 1.29 is 14.7 Å². The Bertz CT molecular complexity index is 1010. The average molecular weight is 344 g/mol. The molecule has 0 unspecified atom stereocenters. The van der Waals surface area contributed by atoms with Crippen molar-refractivity contribution in [3.8, 4) is 0 Å². The Balaban J connectivity index is 2.12. The molecule has 0 atom stereocenters. The Morgan fingerprint density at radius 3 is 2.58 bits per heavy atom. The fraction of sp³-hybridized carbons (Fsp3) is 0. The molecule has 3 rings (SSSR count). The quantitative estimate of drug-likeness (QED) is 0.697. The molecule has 0 bridgehead atoms. The number of nitrogens with zero attached hydrogens (tertiary/aromatic N) is 2. The summed E-state index contributed by atoms with van der Waals surface area (Å²) in [5.74, 6) is -1.40. The minimum Gasteiger partial charge on any atom is -0.477 e. The van der Waals surface area contributed by atoms with E-state index in [1.54, 1.807) is 24.3 Å². The predicted molar refractivity (Wildman–Crippen MR) is 88.8 cm³/mol. The second-order valence-electron chi connectivity index (χ2n) is 4.86. The lowest BCUT2D eigenvalue weighted by Crippen LogP contribution is -2.25. The van der Waals surface area contributed by atoms with Crippen molar-refractivity contribution in [2.45, 2.75) is 0 Å². The van der Waals surface area contributed by atoms with Gasteiger partial charge < -0.3 is 10.4 Å². The third-order valence-corrected chi connectivity index (χ3v) is 3.56. The zero-order valence-electron chi connectivity index (χ0n) is 12.1. The molecule has 2 aromatic heterocycles. The van der Waals surface area contributed by atoms with Crippen molar-refractivity contribution in [2.75, 3.05) is 5.32 Å². The van der Waals surface area contributed by atoms with Crippen LogP contribution in [0.25, 0.3) is 10.9 Å². The summed E-state index contributed by atoms with van der Waals surface area (Å²) in [5, 5.41) is 12.2. The highest BCUT2D eigenvalue weighted by atomic mass is 35.5. The summed E-state index contributed by atoms with van der Waals surface area (Å²) in [4.78, 5) is 39.8. The van der Waals surface area contributed by atoms with E-state index in [0.29, 0.717) is 11.2 Å². The Morgan fingerprint density at radius 1 is 1.17 bits per heavy atom. The molecule has 24 heavy (non-hydrogen) atoms. The number of para-hydroxylation sites is 1. The summed E-state index contributed by atoms with van der Waals surface area (Å²) in [6, 6.07) is 8.70. The number of aromatic nitrogens is 2. The van der Waals surface area contributed by atoms with Gasteiger partial charge in [-0.3, -0.25) is 9.36 Å². The van der Waals surface area contributed by atoms with Gasteiger partial charge in [-0.05, 0) is 24.3 Å². The first kappa shape index (κ1) is 15.7. The summed E-state index contributed by atoms with van der Waals surface area (Å²) < 4.78 is 1.08. The maximum atomic E-state index is 12.5. The van der Waals surface area contributed by atoms with Gasteiger partial charge in [0.25, 0.3) is 0 Å². The number of carboxylic acids is 1. The molecule has 1 aromatic carbocycles. The van der Waals surface area contributed by atoms with Gasteiger partial charge in [0.15, 0.2) is 0 Å². The molecule has 2 heterocycles. The monoisotopic (exact) mass is 343 g/mol. The molecule has 8 heteroatoms. The van der Waals surface area contributed by atoms with Crippen molar-refractivity contribution in [2.24, 2.45) is 0 Å². The highest BCUT2D eigenvalue weighted by Crippen LogP contribution is 2.14. The fourth-order valence-electron chi connectivity index (χ4n) is 2.23. The molecule has 0 saturated carbocycles. The summed E-state index contributed by atoms with van der Waals surface area (Å²) in [7, 11) is 0. The van der Waals surface area contributed by atoms with Gasteiger partial charge in [0.2, 0.25) is 5.43 Å². The van der Waals surface area contributed by atoms with Gasteiger partial charge in [-0.15, -0.1) is 0 Å². The van der Waals surface area contributed by atoms with Crippen molar-refractivity contribution in [3.05, 3.63) is 69.7 Å². The number of hydrogen-bond donors (Lipinski definition) is 2. The second kappa shape index (κ2) is 6.13. The molecule has 0 aliphatic rings. The molecule has 0 fully saturated rings. The number of carboxylic acid groups (broad SMARTS) is 1. The van der Waals surface area contributed by atoms with Gasteiger partial charge >= 0.3 is 12.0 Å². The van der Waals surface area contributed by atoms with Crippen LogP contribution >= 0.6 is 11.6 Å². The molecule has 1 amide bonds. The second-order valence-corrected chi connectivity index (χ2v) is 5.25. The van der Waals surface area contributed by atoms with Gasteiger partial charge in [0.1, 0.15) is 10.7 Å². The number of amides is 1. The van der Waals surface area contributed by atoms with Crippen LogP contribution in [0.2, 0.25) is 5.15 Å². The van der Waals surface area contributed by atoms with Crippen LogP contribution in [0.3, 0.4) is 0 Å². The molecular formula is C16H10ClN3O4. The number of benzene rings is 1. The van der Waals surface area contributed by atoms with Crippen LogP contribution in [-0.2, 0) is 0 Å². The van der Waals surface area contributed by atoms with E-state index in [2.05, 4.69) is 10.3 Å². The van der Waals surface area contributed by atoms with Crippen LogP contribution in [0.5, 0.6) is 0 Å². The molecule has 2 N–H and O–H groups in total. The number of halogens is 1. The summed E-state index contributed by atoms with van der Waals surface area (Å²) >= 11 is 5.69. The number of fused-ring (bicyclic) bond motifs is 1. The van der Waals surface area contributed by atoms with E-state index in [-0.39, 0.29) is 10.5 Å². The number of rotatable bonds is 2. The number of nitrogens with one attached hydrogen (secondary N) is 1. The smallest absolute Gasteiger partial charge is 0.341 e. The fourth-order valence-corrected chi connectivity index (χ4v) is 2.34. The molecule has 7 nitrogen and oxygen atoms in total. The number of anilines is 1. The number of carbonyl (C=O) groups is 2. The maximum absolute atomic E-state index is 12.5. The van der Waals surface area contributed by atoms with Crippen LogP contribution in [0.1, 0.15) is 10.4 Å². The van der Waals surface area contributed by atoms with Crippen LogP contribution in [0.4, 0.5) is 10.5 Å². The zero-order chi connectivity index (χ0) is 17.3. The SMILES string of the molecule is O=C(O)c1cn(C(=O)Nc2ccc(Cl)nc2)c2ccccc2c1=O. The number of hydrogen-bond acceptors (Lipinski definition) is 4. The first-order valence-electron chi connectivity index (χ1n) is 6.78. The predicted octanol–water partition coefficient (Wildman–Crippen LogP) is 2.83. The standard InChI is InChI=1S/C16H10ClN3O4/c17-13-6-5-9(7-18-13)19-16(24)20-8-11(15(22)23)14(21)10-3-1-2-4-12(10)20/h1-8H,(H,19,24)(H,22,23). The van der Waals surface area contributed by atoms with Gasteiger partial charge in [-0.25, -0.2) is 14.6 Å². The molecule has 3 aromatic rings. The van der Waals surface area contributed by atoms with E-state index in [1.807, 2.05) is 0 Å². The third kappa shape index (κ3) is 2.84. The first-order chi connectivity index (χ1) is 11.5. The van der Waals surface area contributed by atoms with E-state index in [0.717, 1.165) is 10.8 Å². The minimum atomic E-state index is -1.40. The molecule has 0 saturated heterocycles. The van der Waals surface area contributed by atoms with Crippen LogP contribution in [0, 0.1) is 0 Å². The number of pyridine rings is 2. The van der Waals surface area contributed by atoms with Crippen molar-refractivity contribution in [1.29, 1.82) is 0 Å². The van der Waals surface area contributed by atoms with Crippen LogP contribution < -0.4 is 10.7 Å². The lowest BCUT2D eigenvalue weighted by Gasteiger charge is -2.12. The molecule has 0 spiro atoms. The Morgan fingerprint density at radius 2 is 1.92 bits per heavy atom. The van der Waals surface area contributed by atoms with E-state index in [4.69, 9.17) is 11.6 Å². The van der Waals surface area contributed by atoms with E-state index in [9.17, 15) is 19.5 Å². The lowest BCUT2D eigenvalue weighted by molar-refractivity contribution is 0.0695. The van der Waals surface area contributed by atoms with E-state index >= 15 is 0 Å². The number of aromatic carboxylic acids is 1. The normalized spacial score (nSPS) is 10.5. The molecule has 0 aliphatic carbocycles. The van der Waals surface area contributed by atoms with Crippen molar-refractivity contribution in [1.82, 2.24) is 9.55 Å². The topological polar surface area (TPSA) is 101 Å². The average Bonchev–Trinajstić information content (AvgIpc) is 2.57. The van der Waals surface area contributed by atoms with Crippen molar-refractivity contribution in [3.63, 3.8) is 0 Å². The van der Waals surface area contributed by atoms with Gasteiger partial charge in [-0.2, -0.15) is 0 Å². The lowest BCUT2D eigenvalue weighted by atomic mass is 10.1. The van der Waals surface area contributed by atoms with Crippen molar-refractivity contribution >= 4 is 40.2 Å². The van der Waals surface area contributed by atoms with Gasteiger partial charge in [0.05, 0.1) is 17.4 Å². The number of carbonyl (C=O) groups excluding carboxylic acids is 1. The van der Waals surface area contributed by atoms with Gasteiger partial charge in [-0.1, -0.05) is 23.7 Å². The Kier molecular flexibility index (Phi) is 4.01. The highest BCUT2D eigenvalue weighted by molar-refractivity contribution is 6.29. The highest BCUT2D eigenvalue weighted by Gasteiger charge is 2.17. The van der Waals surface area contributed by atoms with Crippen LogP contribution in [0.15, 0.2) is 53.6 Å². The molecule has 0 aliphatic heterocycles. The van der Waals surface area contributed by atoms with Crippen LogP contribution in [-0.4, -0.2) is 26.7 Å². The largest absolute Gasteiger partial charge is 0.477 e. The Hall–Kier alpha value is -3.19. The molecular weight excluding hydrogens is 334 g/mol. The van der Waals surface area contributed by atoms with Gasteiger partial charge in [0, 0.05) is 11.6 Å². The zero-order valence-corrected chi connectivity index (χ0v) is 12.8. The first-order valence-corrected chi connectivity index (χ1v) is 7.16. The summed E-state index contributed by atoms with van der Waals surface area (Å²) in [6.07, 6.45) is 2.37. The minimum absolute atomic E-state index is 0.141. The molecule has 120 valence electrons. The third-order valence-electron chi connectivity index (χ3n) is 3.34. The summed E-state index contributed by atoms with van der Waals surface area (Å²) in [5.41, 5.74) is -0.454. The Labute approximate surface area is 140 Å².